The van der Waals surface area contributed by atoms with Crippen molar-refractivity contribution in [1.29, 1.82) is 0 Å². The Morgan fingerprint density at radius 1 is 1.07 bits per heavy atom. The van der Waals surface area contributed by atoms with Crippen LogP contribution in [0.1, 0.15) is 73.5 Å². The predicted octanol–water partition coefficient (Wildman–Crippen LogP) is 1.06. The Kier molecular flexibility index (Phi) is 10.3. The van der Waals surface area contributed by atoms with Crippen molar-refractivity contribution >= 4 is 29.4 Å². The second-order valence-corrected chi connectivity index (χ2v) is 17.0. The third-order valence-electron chi connectivity index (χ3n) is 12.4. The summed E-state index contributed by atoms with van der Waals surface area (Å²) in [6, 6.07) is 3.58. The lowest BCUT2D eigenvalue weighted by molar-refractivity contribution is -0.136. The molecule has 4 N–H and O–H groups in total. The quantitative estimate of drug-likeness (QED) is 0.242. The molecule has 0 radical (unpaired) electrons. The van der Waals surface area contributed by atoms with E-state index in [2.05, 4.69) is 36.7 Å². The van der Waals surface area contributed by atoms with Crippen LogP contribution < -0.4 is 30.5 Å². The van der Waals surface area contributed by atoms with Gasteiger partial charge in [-0.05, 0) is 56.3 Å². The van der Waals surface area contributed by atoms with Crippen molar-refractivity contribution in [3.8, 4) is 5.75 Å². The highest BCUT2D eigenvalue weighted by atomic mass is 16.5. The molecule has 0 saturated carbocycles. The summed E-state index contributed by atoms with van der Waals surface area (Å²) < 4.78 is 12.9. The van der Waals surface area contributed by atoms with Crippen molar-refractivity contribution in [1.82, 2.24) is 35.7 Å². The van der Waals surface area contributed by atoms with E-state index < -0.39 is 11.9 Å². The van der Waals surface area contributed by atoms with Crippen LogP contribution in [-0.4, -0.2) is 140 Å². The maximum atomic E-state index is 13.3. The van der Waals surface area contributed by atoms with E-state index in [0.29, 0.717) is 37.6 Å². The smallest absolute Gasteiger partial charge is 0.255 e. The van der Waals surface area contributed by atoms with E-state index in [1.165, 1.54) is 0 Å². The Bertz CT molecular complexity index is 1730. The summed E-state index contributed by atoms with van der Waals surface area (Å²) in [7, 11) is 1.93. The number of aromatic nitrogens is 2. The van der Waals surface area contributed by atoms with Crippen LogP contribution in [0, 0.1) is 11.3 Å². The monoisotopic (exact) mass is 745 g/mol. The van der Waals surface area contributed by atoms with Gasteiger partial charge in [0.25, 0.3) is 5.91 Å². The summed E-state index contributed by atoms with van der Waals surface area (Å²) in [4.78, 5) is 56.0. The lowest BCUT2D eigenvalue weighted by Crippen LogP contribution is -2.58. The van der Waals surface area contributed by atoms with Crippen LogP contribution in [0.25, 0.3) is 0 Å². The molecule has 8 rings (SSSR count). The number of likely N-dealkylation sites (N-methyl/N-ethyl adjacent to an activating group) is 1. The molecule has 4 atom stereocenters. The molecular weight excluding hydrogens is 690 g/mol. The highest BCUT2D eigenvalue weighted by Crippen LogP contribution is 2.42. The molecule has 1 aromatic heterocycles. The summed E-state index contributed by atoms with van der Waals surface area (Å²) in [5.41, 5.74) is 3.25. The molecule has 0 aliphatic carbocycles. The first-order valence-electron chi connectivity index (χ1n) is 19.7. The third kappa shape index (κ3) is 7.40. The van der Waals surface area contributed by atoms with E-state index >= 15 is 0 Å². The average Bonchev–Trinajstić information content (AvgIpc) is 3.71. The zero-order valence-corrected chi connectivity index (χ0v) is 31.8. The summed E-state index contributed by atoms with van der Waals surface area (Å²) >= 11 is 0. The van der Waals surface area contributed by atoms with Gasteiger partial charge in [-0.2, -0.15) is 0 Å². The number of anilines is 2. The lowest BCUT2D eigenvalue weighted by Gasteiger charge is -2.46. The molecule has 1 spiro atoms. The maximum Gasteiger partial charge on any atom is 0.255 e. The minimum atomic E-state index is -0.628. The van der Waals surface area contributed by atoms with Crippen LogP contribution in [0.15, 0.2) is 24.5 Å². The van der Waals surface area contributed by atoms with Crippen LogP contribution in [0.4, 0.5) is 11.6 Å². The van der Waals surface area contributed by atoms with Crippen molar-refractivity contribution in [2.45, 2.75) is 76.2 Å². The second kappa shape index (κ2) is 15.0. The van der Waals surface area contributed by atoms with Crippen LogP contribution in [0.5, 0.6) is 5.75 Å². The number of rotatable bonds is 11. The van der Waals surface area contributed by atoms with Gasteiger partial charge in [-0.3, -0.25) is 24.6 Å². The Labute approximate surface area is 317 Å². The number of fused-ring (bicyclic) bond motifs is 4. The summed E-state index contributed by atoms with van der Waals surface area (Å²) in [6.45, 7) is 12.8. The second-order valence-electron chi connectivity index (χ2n) is 17.0. The van der Waals surface area contributed by atoms with Gasteiger partial charge in [0, 0.05) is 107 Å². The zero-order valence-electron chi connectivity index (χ0n) is 31.8. The number of ether oxygens (including phenoxy) is 2. The predicted molar refractivity (Wildman–Crippen MR) is 201 cm³/mol. The van der Waals surface area contributed by atoms with Gasteiger partial charge in [0.1, 0.15) is 18.4 Å². The molecule has 54 heavy (non-hydrogen) atoms. The highest BCUT2D eigenvalue weighted by Gasteiger charge is 2.45. The number of hydrogen-bond acceptors (Lipinski definition) is 13. The summed E-state index contributed by atoms with van der Waals surface area (Å²) in [5, 5.41) is 18.9. The number of hydrogen-bond donors (Lipinski definition) is 4. The molecule has 2 unspecified atom stereocenters. The standard InChI is InChI=1S/C39H55N9O6/c1-38(2,24-49)23-43-30(17-40-3)27-15-41-37(42-16-27)46-8-6-39(7-9-46)14-25(21-54-39)18-45-10-11-47-28(20-45)22-53-33-13-29-26(12-32(33)47)19-48(36(29)52)31-4-5-34(50)44-35(31)51/h12-13,15-16,25,28,30-31,40,43,49H,4-11,14,17-24H2,1-3H3,(H,44,50,51)/t25?,28-,30-,31?/m0/s1. The molecule has 4 fully saturated rings. The van der Waals surface area contributed by atoms with Gasteiger partial charge in [-0.15, -0.1) is 0 Å². The van der Waals surface area contributed by atoms with Gasteiger partial charge >= 0.3 is 0 Å². The van der Waals surface area contributed by atoms with E-state index in [0.717, 1.165) is 100 Å². The number of benzene rings is 1. The fraction of sp³-hybridized carbons (Fsp3) is 0.667. The Balaban J connectivity index is 0.823. The molecule has 15 nitrogen and oxygen atoms in total. The number of nitrogens with zero attached hydrogens (tertiary/aromatic N) is 6. The van der Waals surface area contributed by atoms with E-state index in [1.807, 2.05) is 39.4 Å². The van der Waals surface area contributed by atoms with Gasteiger partial charge in [0.15, 0.2) is 0 Å². The maximum absolute atomic E-state index is 13.3. The number of carbonyl (C=O) groups is 3. The van der Waals surface area contributed by atoms with Gasteiger partial charge in [-0.25, -0.2) is 9.97 Å². The highest BCUT2D eigenvalue weighted by molar-refractivity contribution is 6.06. The summed E-state index contributed by atoms with van der Waals surface area (Å²) in [5.74, 6) is 1.11. The minimum Gasteiger partial charge on any atom is -0.489 e. The number of carbonyl (C=O) groups excluding carboxylic acids is 3. The van der Waals surface area contributed by atoms with E-state index in [9.17, 15) is 19.5 Å². The Morgan fingerprint density at radius 3 is 2.61 bits per heavy atom. The van der Waals surface area contributed by atoms with Crippen LogP contribution in [0.3, 0.4) is 0 Å². The largest absolute Gasteiger partial charge is 0.489 e. The molecule has 0 bridgehead atoms. The first-order valence-corrected chi connectivity index (χ1v) is 19.7. The molecular formula is C39H55N9O6. The molecule has 6 aliphatic rings. The molecule has 292 valence electrons. The Morgan fingerprint density at radius 2 is 1.87 bits per heavy atom. The number of nitrogens with one attached hydrogen (secondary N) is 3. The van der Waals surface area contributed by atoms with Crippen LogP contribution in [0.2, 0.25) is 0 Å². The minimum absolute atomic E-state index is 0.0559. The van der Waals surface area contributed by atoms with Crippen LogP contribution >= 0.6 is 0 Å². The van der Waals surface area contributed by atoms with E-state index in [-0.39, 0.29) is 47.9 Å². The van der Waals surface area contributed by atoms with Gasteiger partial charge in [-0.1, -0.05) is 13.8 Å². The number of amides is 3. The number of aliphatic hydroxyl groups excluding tert-OH is 1. The fourth-order valence-corrected chi connectivity index (χ4v) is 9.18. The van der Waals surface area contributed by atoms with Crippen molar-refractivity contribution in [2.75, 3.05) is 89.0 Å². The number of aliphatic hydroxyl groups is 1. The molecule has 7 heterocycles. The number of piperazine rings is 1. The van der Waals surface area contributed by atoms with Crippen LogP contribution in [-0.2, 0) is 20.9 Å². The molecule has 2 aromatic rings. The van der Waals surface area contributed by atoms with Crippen molar-refractivity contribution in [3.05, 3.63) is 41.2 Å². The molecule has 1 aromatic carbocycles. The number of piperidine rings is 2. The molecule has 15 heteroatoms. The third-order valence-corrected chi connectivity index (χ3v) is 12.4. The van der Waals surface area contributed by atoms with Crippen molar-refractivity contribution in [2.24, 2.45) is 11.3 Å². The SMILES string of the molecule is CNC[C@H](NCC(C)(C)CO)c1cnc(N2CCC3(CC2)CC(CN2CCN4c5cc6c(cc5OC[C@@H]4C2)C(=O)N(C2CCC(=O)NC2=O)C6)CO3)nc1. The Hall–Kier alpha value is -3.89. The number of imide groups is 1. The summed E-state index contributed by atoms with van der Waals surface area (Å²) in [6.07, 6.45) is 7.43. The molecule has 3 amide bonds. The average molecular weight is 746 g/mol. The first kappa shape index (κ1) is 37.1. The normalized spacial score (nSPS) is 26.0. The lowest BCUT2D eigenvalue weighted by atomic mass is 9.85. The van der Waals surface area contributed by atoms with E-state index in [1.54, 1.807) is 4.90 Å². The van der Waals surface area contributed by atoms with Gasteiger partial charge in [0.05, 0.1) is 23.9 Å². The van der Waals surface area contributed by atoms with Gasteiger partial charge in [0.2, 0.25) is 17.8 Å². The first-order chi connectivity index (χ1) is 26.0. The van der Waals surface area contributed by atoms with Gasteiger partial charge < -0.3 is 39.9 Å². The molecule has 4 saturated heterocycles. The zero-order chi connectivity index (χ0) is 37.6. The van der Waals surface area contributed by atoms with Crippen molar-refractivity contribution < 1.29 is 29.0 Å². The molecule has 6 aliphatic heterocycles. The fourth-order valence-electron chi connectivity index (χ4n) is 9.18. The van der Waals surface area contributed by atoms with Crippen molar-refractivity contribution in [3.63, 3.8) is 0 Å². The topological polar surface area (TPSA) is 165 Å². The van der Waals surface area contributed by atoms with E-state index in [4.69, 9.17) is 19.4 Å².